The number of ether oxygens (including phenoxy) is 1. The van der Waals surface area contributed by atoms with Crippen LogP contribution in [0.1, 0.15) is 34.1 Å². The van der Waals surface area contributed by atoms with Crippen molar-refractivity contribution in [1.82, 2.24) is 9.21 Å². The van der Waals surface area contributed by atoms with Crippen LogP contribution in [0.5, 0.6) is 0 Å². The number of benzene rings is 1. The number of hydrogen-bond donors (Lipinski definition) is 1. The molecule has 2 atom stereocenters. The third-order valence-corrected chi connectivity index (χ3v) is 6.55. The van der Waals surface area contributed by atoms with Crippen LogP contribution in [-0.2, 0) is 24.3 Å². The quantitative estimate of drug-likeness (QED) is 0.651. The molecule has 1 aliphatic rings. The van der Waals surface area contributed by atoms with E-state index in [0.717, 1.165) is 28.6 Å². The molecule has 1 saturated heterocycles. The molecular formula is C19H27FN2O6S. The smallest absolute Gasteiger partial charge is 0.325 e. The van der Waals surface area contributed by atoms with Gasteiger partial charge in [-0.05, 0) is 52.0 Å². The number of amides is 1. The summed E-state index contributed by atoms with van der Waals surface area (Å²) in [5, 5.41) is 9.94. The number of aliphatic hydroxyl groups excluding tert-OH is 1. The monoisotopic (exact) mass is 430 g/mol. The highest BCUT2D eigenvalue weighted by Crippen LogP contribution is 2.27. The lowest BCUT2D eigenvalue weighted by Crippen LogP contribution is -2.46. The number of rotatable bonds is 7. The Morgan fingerprint density at radius 1 is 1.21 bits per heavy atom. The number of esters is 1. The van der Waals surface area contributed by atoms with Gasteiger partial charge in [0, 0.05) is 25.0 Å². The van der Waals surface area contributed by atoms with Gasteiger partial charge in [0.25, 0.3) is 5.91 Å². The molecule has 0 saturated carbocycles. The predicted octanol–water partition coefficient (Wildman–Crippen LogP) is 1.14. The first-order chi connectivity index (χ1) is 13.4. The number of aliphatic hydroxyl groups is 1. The van der Waals surface area contributed by atoms with Crippen molar-refractivity contribution in [3.8, 4) is 0 Å². The van der Waals surface area contributed by atoms with Crippen LogP contribution >= 0.6 is 0 Å². The van der Waals surface area contributed by atoms with Gasteiger partial charge in [0.1, 0.15) is 11.9 Å². The fourth-order valence-corrected chi connectivity index (χ4v) is 5.11. The molecule has 0 aromatic heterocycles. The van der Waals surface area contributed by atoms with Gasteiger partial charge in [-0.3, -0.25) is 9.59 Å². The van der Waals surface area contributed by atoms with Crippen molar-refractivity contribution in [2.45, 2.75) is 63.2 Å². The Morgan fingerprint density at radius 3 is 2.28 bits per heavy atom. The Kier molecular flexibility index (Phi) is 7.36. The molecule has 1 N–H and O–H groups in total. The summed E-state index contributed by atoms with van der Waals surface area (Å²) in [6.07, 6.45) is -1.20. The molecule has 0 unspecified atom stereocenters. The first-order valence-corrected chi connectivity index (χ1v) is 10.8. The minimum Gasteiger partial charge on any atom is -0.454 e. The van der Waals surface area contributed by atoms with E-state index in [1.165, 1.54) is 0 Å². The highest BCUT2D eigenvalue weighted by Gasteiger charge is 2.44. The van der Waals surface area contributed by atoms with E-state index >= 15 is 0 Å². The van der Waals surface area contributed by atoms with Gasteiger partial charge in [0.05, 0.1) is 11.0 Å². The average molecular weight is 430 g/mol. The van der Waals surface area contributed by atoms with Crippen LogP contribution in [0.25, 0.3) is 0 Å². The third kappa shape index (κ3) is 5.31. The summed E-state index contributed by atoms with van der Waals surface area (Å²) in [4.78, 5) is 26.3. The van der Waals surface area contributed by atoms with Crippen LogP contribution in [0.4, 0.5) is 4.39 Å². The molecule has 29 heavy (non-hydrogen) atoms. The lowest BCUT2D eigenvalue weighted by Gasteiger charge is -2.30. The number of nitrogens with zero attached hydrogens (tertiary/aromatic N) is 2. The second-order valence-corrected chi connectivity index (χ2v) is 9.42. The van der Waals surface area contributed by atoms with Crippen LogP contribution < -0.4 is 0 Å². The van der Waals surface area contributed by atoms with Crippen molar-refractivity contribution < 1.29 is 32.2 Å². The zero-order chi connectivity index (χ0) is 21.9. The van der Waals surface area contributed by atoms with Crippen LogP contribution in [0.3, 0.4) is 0 Å². The van der Waals surface area contributed by atoms with Gasteiger partial charge < -0.3 is 14.7 Å². The van der Waals surface area contributed by atoms with Crippen molar-refractivity contribution in [2.24, 2.45) is 0 Å². The maximum Gasteiger partial charge on any atom is 0.325 e. The summed E-state index contributed by atoms with van der Waals surface area (Å²) >= 11 is 0. The average Bonchev–Trinajstić information content (AvgIpc) is 3.02. The van der Waals surface area contributed by atoms with E-state index in [2.05, 4.69) is 0 Å². The molecule has 0 radical (unpaired) electrons. The highest BCUT2D eigenvalue weighted by atomic mass is 32.2. The number of carbonyl (C=O) groups excluding carboxylic acids is 2. The zero-order valence-electron chi connectivity index (χ0n) is 16.9. The first kappa shape index (κ1) is 23.2. The topological polar surface area (TPSA) is 104 Å². The van der Waals surface area contributed by atoms with Crippen molar-refractivity contribution in [3.05, 3.63) is 30.1 Å². The van der Waals surface area contributed by atoms with Crippen LogP contribution in [0.15, 0.2) is 29.2 Å². The number of halogens is 1. The van der Waals surface area contributed by atoms with Crippen molar-refractivity contribution in [3.63, 3.8) is 0 Å². The number of sulfonamides is 1. The Hall–Kier alpha value is -2.04. The SMILES string of the molecule is CC(C)N(C(=O)COC(=O)[C@@H]1C[C@@H](O)CN1S(=O)(=O)c1ccc(F)cc1)C(C)C. The number of carbonyl (C=O) groups is 2. The molecule has 1 aromatic rings. The van der Waals surface area contributed by atoms with Gasteiger partial charge in [-0.2, -0.15) is 4.31 Å². The zero-order valence-corrected chi connectivity index (χ0v) is 17.7. The number of β-amino-alcohol motifs (C(OH)–C–C–N with tert-alkyl or cyclic N) is 1. The van der Waals surface area contributed by atoms with Crippen LogP contribution in [-0.4, -0.2) is 72.0 Å². The molecule has 2 rings (SSSR count). The molecule has 1 heterocycles. The predicted molar refractivity (Wildman–Crippen MR) is 103 cm³/mol. The molecule has 0 aliphatic carbocycles. The summed E-state index contributed by atoms with van der Waals surface area (Å²) in [5.74, 6) is -1.90. The second kappa shape index (κ2) is 9.19. The molecule has 8 nitrogen and oxygen atoms in total. The highest BCUT2D eigenvalue weighted by molar-refractivity contribution is 7.89. The molecule has 0 spiro atoms. The van der Waals surface area contributed by atoms with E-state index in [1.807, 2.05) is 27.7 Å². The Balaban J connectivity index is 2.14. The Labute approximate surface area is 170 Å². The minimum absolute atomic E-state index is 0.0927. The lowest BCUT2D eigenvalue weighted by atomic mass is 10.2. The normalized spacial score (nSPS) is 20.3. The molecular weight excluding hydrogens is 403 g/mol. The van der Waals surface area contributed by atoms with Gasteiger partial charge in [0.15, 0.2) is 6.61 Å². The minimum atomic E-state index is -4.15. The van der Waals surface area contributed by atoms with E-state index in [1.54, 1.807) is 4.90 Å². The van der Waals surface area contributed by atoms with E-state index in [-0.39, 0.29) is 29.9 Å². The van der Waals surface area contributed by atoms with E-state index in [4.69, 9.17) is 4.74 Å². The Morgan fingerprint density at radius 2 is 1.76 bits per heavy atom. The molecule has 1 amide bonds. The molecule has 162 valence electrons. The molecule has 1 aliphatic heterocycles. The van der Waals surface area contributed by atoms with Crippen LogP contribution in [0, 0.1) is 5.82 Å². The first-order valence-electron chi connectivity index (χ1n) is 9.38. The largest absolute Gasteiger partial charge is 0.454 e. The summed E-state index contributed by atoms with van der Waals surface area (Å²) in [5.41, 5.74) is 0. The maximum absolute atomic E-state index is 13.1. The van der Waals surface area contributed by atoms with Crippen molar-refractivity contribution >= 4 is 21.9 Å². The van der Waals surface area contributed by atoms with Gasteiger partial charge in [-0.1, -0.05) is 0 Å². The molecule has 0 bridgehead atoms. The van der Waals surface area contributed by atoms with E-state index in [0.29, 0.717) is 0 Å². The summed E-state index contributed by atoms with van der Waals surface area (Å²) < 4.78 is 44.7. The summed E-state index contributed by atoms with van der Waals surface area (Å²) in [7, 11) is -4.15. The fourth-order valence-electron chi connectivity index (χ4n) is 3.48. The van der Waals surface area contributed by atoms with E-state index in [9.17, 15) is 27.5 Å². The lowest BCUT2D eigenvalue weighted by molar-refractivity contribution is -0.156. The maximum atomic E-state index is 13.1. The van der Waals surface area contributed by atoms with E-state index < -0.39 is 46.5 Å². The van der Waals surface area contributed by atoms with Crippen molar-refractivity contribution in [1.29, 1.82) is 0 Å². The molecule has 1 aromatic carbocycles. The van der Waals surface area contributed by atoms with Gasteiger partial charge >= 0.3 is 5.97 Å². The molecule has 1 fully saturated rings. The van der Waals surface area contributed by atoms with Gasteiger partial charge in [-0.15, -0.1) is 0 Å². The fraction of sp³-hybridized carbons (Fsp3) is 0.579. The number of hydrogen-bond acceptors (Lipinski definition) is 6. The van der Waals surface area contributed by atoms with Crippen LogP contribution in [0.2, 0.25) is 0 Å². The van der Waals surface area contributed by atoms with Gasteiger partial charge in [0.2, 0.25) is 10.0 Å². The summed E-state index contributed by atoms with van der Waals surface area (Å²) in [6.45, 7) is 6.53. The second-order valence-electron chi connectivity index (χ2n) is 7.53. The standard InChI is InChI=1S/C19H27FN2O6S/c1-12(2)22(13(3)4)18(24)11-28-19(25)17-9-15(23)10-21(17)29(26,27)16-7-5-14(20)6-8-16/h5-8,12-13,15,17,23H,9-11H2,1-4H3/t15-,17+/m1/s1. The summed E-state index contributed by atoms with van der Waals surface area (Å²) in [6, 6.07) is 2.72. The van der Waals surface area contributed by atoms with Gasteiger partial charge in [-0.25, -0.2) is 12.8 Å². The Bertz CT molecular complexity index is 833. The molecule has 10 heteroatoms. The third-order valence-electron chi connectivity index (χ3n) is 4.66. The van der Waals surface area contributed by atoms with Crippen molar-refractivity contribution in [2.75, 3.05) is 13.2 Å².